The van der Waals surface area contributed by atoms with Gasteiger partial charge in [0, 0.05) is 11.8 Å². The van der Waals surface area contributed by atoms with Crippen molar-refractivity contribution in [3.05, 3.63) is 65.2 Å². The van der Waals surface area contributed by atoms with Crippen LogP contribution in [0.5, 0.6) is 0 Å². The van der Waals surface area contributed by atoms with Crippen molar-refractivity contribution in [3.8, 4) is 0 Å². The van der Waals surface area contributed by atoms with E-state index in [0.717, 1.165) is 11.6 Å². The molecule has 6 heteroatoms. The number of carboxylic acids is 1. The Morgan fingerprint density at radius 1 is 1.16 bits per heavy atom. The minimum Gasteiger partial charge on any atom is -0.480 e. The average molecular weight is 347 g/mol. The maximum Gasteiger partial charge on any atom is 0.326 e. The second-order valence-corrected chi connectivity index (χ2v) is 5.73. The van der Waals surface area contributed by atoms with E-state index < -0.39 is 29.6 Å². The number of para-hydroxylation sites is 1. The van der Waals surface area contributed by atoms with Crippen LogP contribution in [0, 0.1) is 18.6 Å². The Hall–Kier alpha value is -2.76. The Labute approximate surface area is 144 Å². The summed E-state index contributed by atoms with van der Waals surface area (Å²) in [7, 11) is 0. The molecule has 0 bridgehead atoms. The van der Waals surface area contributed by atoms with E-state index in [1.807, 2.05) is 0 Å². The zero-order valence-corrected chi connectivity index (χ0v) is 14.0. The van der Waals surface area contributed by atoms with Crippen LogP contribution in [0.15, 0.2) is 42.5 Å². The minimum atomic E-state index is -1.14. The van der Waals surface area contributed by atoms with Crippen LogP contribution in [0.2, 0.25) is 0 Å². The first-order valence-electron chi connectivity index (χ1n) is 7.89. The highest BCUT2D eigenvalue weighted by Gasteiger charge is 2.30. The normalized spacial score (nSPS) is 11.8. The summed E-state index contributed by atoms with van der Waals surface area (Å²) in [6.45, 7) is 3.43. The molecular weight excluding hydrogens is 328 g/mol. The van der Waals surface area contributed by atoms with Gasteiger partial charge in [0.2, 0.25) is 5.91 Å². The van der Waals surface area contributed by atoms with Gasteiger partial charge in [-0.1, -0.05) is 31.2 Å². The van der Waals surface area contributed by atoms with Crippen molar-refractivity contribution in [1.29, 1.82) is 0 Å². The van der Waals surface area contributed by atoms with Gasteiger partial charge in [0.1, 0.15) is 17.7 Å². The third-order valence-electron chi connectivity index (χ3n) is 3.98. The molecule has 2 aromatic rings. The fraction of sp³-hybridized carbons (Fsp3) is 0.263. The molecule has 0 saturated carbocycles. The largest absolute Gasteiger partial charge is 0.480 e. The van der Waals surface area contributed by atoms with Crippen molar-refractivity contribution in [2.75, 3.05) is 4.90 Å². The SMILES string of the molecule is CCC(C(=O)O)N(C(=O)Cc1ccc(F)cc1F)c1ccccc1C. The number of hydrogen-bond acceptors (Lipinski definition) is 2. The molecule has 0 aliphatic rings. The van der Waals surface area contributed by atoms with Gasteiger partial charge in [-0.05, 0) is 36.6 Å². The lowest BCUT2D eigenvalue weighted by Crippen LogP contribution is -2.46. The number of rotatable bonds is 6. The van der Waals surface area contributed by atoms with Gasteiger partial charge in [-0.2, -0.15) is 0 Å². The van der Waals surface area contributed by atoms with Gasteiger partial charge < -0.3 is 5.11 Å². The fourth-order valence-corrected chi connectivity index (χ4v) is 2.69. The van der Waals surface area contributed by atoms with E-state index in [1.165, 1.54) is 11.0 Å². The Balaban J connectivity index is 2.42. The molecule has 132 valence electrons. The Kier molecular flexibility index (Phi) is 5.85. The number of aryl methyl sites for hydroxylation is 1. The van der Waals surface area contributed by atoms with E-state index in [1.54, 1.807) is 38.1 Å². The molecule has 1 unspecified atom stereocenters. The predicted molar refractivity (Wildman–Crippen MR) is 90.4 cm³/mol. The monoisotopic (exact) mass is 347 g/mol. The molecule has 4 nitrogen and oxygen atoms in total. The standard InChI is InChI=1S/C19H19F2NO3/c1-3-16(19(24)25)22(17-7-5-4-6-12(17)2)18(23)10-13-8-9-14(20)11-15(13)21/h4-9,11,16H,3,10H2,1-2H3,(H,24,25). The second-order valence-electron chi connectivity index (χ2n) is 5.73. The number of aliphatic carboxylic acids is 1. The number of anilines is 1. The summed E-state index contributed by atoms with van der Waals surface area (Å²) in [4.78, 5) is 25.6. The highest BCUT2D eigenvalue weighted by atomic mass is 19.1. The predicted octanol–water partition coefficient (Wildman–Crippen LogP) is 3.71. The summed E-state index contributed by atoms with van der Waals surface area (Å²) in [5.74, 6) is -3.27. The topological polar surface area (TPSA) is 57.6 Å². The minimum absolute atomic E-state index is 0.0187. The summed E-state index contributed by atoms with van der Waals surface area (Å²) < 4.78 is 26.9. The molecule has 0 aliphatic carbocycles. The molecule has 2 rings (SSSR count). The van der Waals surface area contributed by atoms with Gasteiger partial charge in [0.15, 0.2) is 0 Å². The number of carbonyl (C=O) groups is 2. The van der Waals surface area contributed by atoms with Gasteiger partial charge in [-0.25, -0.2) is 13.6 Å². The van der Waals surface area contributed by atoms with Gasteiger partial charge in [-0.3, -0.25) is 9.69 Å². The molecular formula is C19H19F2NO3. The maximum atomic E-state index is 13.9. The number of benzene rings is 2. The van der Waals surface area contributed by atoms with Crippen LogP contribution >= 0.6 is 0 Å². The Bertz CT molecular complexity index is 792. The number of carbonyl (C=O) groups excluding carboxylic acids is 1. The smallest absolute Gasteiger partial charge is 0.326 e. The first kappa shape index (κ1) is 18.6. The van der Waals surface area contributed by atoms with Crippen LogP contribution in [0.3, 0.4) is 0 Å². The third-order valence-corrected chi connectivity index (χ3v) is 3.98. The number of nitrogens with zero attached hydrogens (tertiary/aromatic N) is 1. The molecule has 2 aromatic carbocycles. The number of carboxylic acid groups (broad SMARTS) is 1. The first-order valence-corrected chi connectivity index (χ1v) is 7.89. The van der Waals surface area contributed by atoms with Crippen molar-refractivity contribution in [2.24, 2.45) is 0 Å². The molecule has 0 spiro atoms. The highest BCUT2D eigenvalue weighted by Crippen LogP contribution is 2.25. The fourth-order valence-electron chi connectivity index (χ4n) is 2.69. The summed E-state index contributed by atoms with van der Waals surface area (Å²) in [6.07, 6.45) is -0.161. The summed E-state index contributed by atoms with van der Waals surface area (Å²) in [5, 5.41) is 9.48. The van der Waals surface area contributed by atoms with Crippen LogP contribution in [-0.4, -0.2) is 23.0 Å². The molecule has 0 fully saturated rings. The number of halogens is 2. The van der Waals surface area contributed by atoms with E-state index in [4.69, 9.17) is 0 Å². The third kappa shape index (κ3) is 4.21. The molecule has 1 atom stereocenters. The lowest BCUT2D eigenvalue weighted by molar-refractivity contribution is -0.140. The van der Waals surface area contributed by atoms with Gasteiger partial charge >= 0.3 is 5.97 Å². The van der Waals surface area contributed by atoms with E-state index in [2.05, 4.69) is 0 Å². The molecule has 0 aromatic heterocycles. The van der Waals surface area contributed by atoms with Crippen LogP contribution in [0.1, 0.15) is 24.5 Å². The van der Waals surface area contributed by atoms with E-state index in [-0.39, 0.29) is 18.4 Å². The molecule has 0 saturated heterocycles. The van der Waals surface area contributed by atoms with Crippen LogP contribution < -0.4 is 4.90 Å². The summed E-state index contributed by atoms with van der Waals surface area (Å²) in [6, 6.07) is 8.80. The van der Waals surface area contributed by atoms with Crippen LogP contribution in [0.4, 0.5) is 14.5 Å². The maximum absolute atomic E-state index is 13.9. The molecule has 0 radical (unpaired) electrons. The van der Waals surface area contributed by atoms with Crippen molar-refractivity contribution in [2.45, 2.75) is 32.7 Å². The molecule has 1 amide bonds. The van der Waals surface area contributed by atoms with E-state index >= 15 is 0 Å². The quantitative estimate of drug-likeness (QED) is 0.867. The van der Waals surface area contributed by atoms with E-state index in [0.29, 0.717) is 11.8 Å². The first-order chi connectivity index (χ1) is 11.8. The van der Waals surface area contributed by atoms with Crippen molar-refractivity contribution in [1.82, 2.24) is 0 Å². The van der Waals surface area contributed by atoms with Crippen molar-refractivity contribution < 1.29 is 23.5 Å². The molecule has 0 aliphatic heterocycles. The van der Waals surface area contributed by atoms with Crippen molar-refractivity contribution in [3.63, 3.8) is 0 Å². The number of hydrogen-bond donors (Lipinski definition) is 1. The average Bonchev–Trinajstić information content (AvgIpc) is 2.55. The second kappa shape index (κ2) is 7.88. The summed E-state index contributed by atoms with van der Waals surface area (Å²) >= 11 is 0. The zero-order valence-electron chi connectivity index (χ0n) is 14.0. The molecule has 1 N–H and O–H groups in total. The molecule has 25 heavy (non-hydrogen) atoms. The van der Waals surface area contributed by atoms with Crippen molar-refractivity contribution >= 4 is 17.6 Å². The summed E-state index contributed by atoms with van der Waals surface area (Å²) in [5.41, 5.74) is 1.21. The lowest BCUT2D eigenvalue weighted by atomic mass is 10.1. The van der Waals surface area contributed by atoms with Crippen LogP contribution in [-0.2, 0) is 16.0 Å². The van der Waals surface area contributed by atoms with Gasteiger partial charge in [0.05, 0.1) is 6.42 Å². The lowest BCUT2D eigenvalue weighted by Gasteiger charge is -2.30. The Morgan fingerprint density at radius 3 is 2.40 bits per heavy atom. The van der Waals surface area contributed by atoms with Gasteiger partial charge in [-0.15, -0.1) is 0 Å². The Morgan fingerprint density at radius 2 is 1.84 bits per heavy atom. The van der Waals surface area contributed by atoms with E-state index in [9.17, 15) is 23.5 Å². The molecule has 0 heterocycles. The van der Waals surface area contributed by atoms with Gasteiger partial charge in [0.25, 0.3) is 0 Å². The highest BCUT2D eigenvalue weighted by molar-refractivity contribution is 6.00. The van der Waals surface area contributed by atoms with Crippen LogP contribution in [0.25, 0.3) is 0 Å². The number of amides is 1. The zero-order chi connectivity index (χ0) is 18.6.